The molecule has 0 amide bonds. The Kier molecular flexibility index (Phi) is 6.87. The molecule has 0 aliphatic carbocycles. The molecule has 0 unspecified atom stereocenters. The summed E-state index contributed by atoms with van der Waals surface area (Å²) in [5.74, 6) is 0.748. The van der Waals surface area contributed by atoms with Crippen molar-refractivity contribution in [3.63, 3.8) is 0 Å². The zero-order valence-corrected chi connectivity index (χ0v) is 8.61. The molecule has 0 aromatic rings. The Balaban J connectivity index is 3.05. The lowest BCUT2D eigenvalue weighted by Crippen LogP contribution is -2.21. The van der Waals surface area contributed by atoms with E-state index < -0.39 is 0 Å². The predicted octanol–water partition coefficient (Wildman–Crippen LogP) is 1.75. The van der Waals surface area contributed by atoms with Crippen molar-refractivity contribution in [2.45, 2.75) is 26.7 Å². The van der Waals surface area contributed by atoms with Gasteiger partial charge in [0.1, 0.15) is 0 Å². The molecular weight excluding hydrogens is 148 g/mol. The van der Waals surface area contributed by atoms with Crippen LogP contribution in [0.25, 0.3) is 0 Å². The minimum atomic E-state index is 0.748. The first-order valence-electron chi connectivity index (χ1n) is 4.73. The van der Waals surface area contributed by atoms with E-state index in [0.29, 0.717) is 0 Å². The number of rotatable bonds is 7. The van der Waals surface area contributed by atoms with Gasteiger partial charge in [0.05, 0.1) is 0 Å². The fourth-order valence-electron chi connectivity index (χ4n) is 0.943. The topological polar surface area (TPSA) is 24.1 Å². The summed E-state index contributed by atoms with van der Waals surface area (Å²) in [6, 6.07) is 0. The molecule has 0 aromatic carbocycles. The van der Waals surface area contributed by atoms with Crippen molar-refractivity contribution in [3.05, 3.63) is 12.3 Å². The van der Waals surface area contributed by atoms with Crippen LogP contribution in [0.4, 0.5) is 0 Å². The van der Waals surface area contributed by atoms with Gasteiger partial charge in [-0.15, -0.1) is 0 Å². The van der Waals surface area contributed by atoms with Crippen LogP contribution in [0.5, 0.6) is 0 Å². The summed E-state index contributed by atoms with van der Waals surface area (Å²) >= 11 is 0. The maximum atomic E-state index is 3.87. The summed E-state index contributed by atoms with van der Waals surface area (Å²) < 4.78 is 0. The zero-order valence-electron chi connectivity index (χ0n) is 8.61. The highest BCUT2D eigenvalue weighted by Crippen LogP contribution is 1.96. The Morgan fingerprint density at radius 1 is 1.42 bits per heavy atom. The zero-order chi connectivity index (χ0) is 9.40. The van der Waals surface area contributed by atoms with Crippen molar-refractivity contribution in [2.24, 2.45) is 5.92 Å². The third-order valence-electron chi connectivity index (χ3n) is 1.74. The van der Waals surface area contributed by atoms with Gasteiger partial charge < -0.3 is 10.6 Å². The smallest absolute Gasteiger partial charge is 0.00315 e. The van der Waals surface area contributed by atoms with E-state index in [0.717, 1.165) is 31.1 Å². The summed E-state index contributed by atoms with van der Waals surface area (Å²) in [6.45, 7) is 10.5. The van der Waals surface area contributed by atoms with Gasteiger partial charge in [-0.25, -0.2) is 0 Å². The molecule has 0 bridgehead atoms. The number of allylic oxidation sites excluding steroid dienone is 1. The molecule has 72 valence electrons. The molecule has 0 rings (SSSR count). The average molecular weight is 170 g/mol. The minimum Gasteiger partial charge on any atom is -0.392 e. The van der Waals surface area contributed by atoms with Gasteiger partial charge in [-0.1, -0.05) is 20.4 Å². The van der Waals surface area contributed by atoms with Crippen LogP contribution < -0.4 is 10.6 Å². The molecule has 0 saturated heterocycles. The quantitative estimate of drug-likeness (QED) is 0.569. The normalized spacial score (nSPS) is 10.3. The van der Waals surface area contributed by atoms with Crippen molar-refractivity contribution in [1.82, 2.24) is 10.6 Å². The van der Waals surface area contributed by atoms with Crippen molar-refractivity contribution in [3.8, 4) is 0 Å². The van der Waals surface area contributed by atoms with Gasteiger partial charge in [0.2, 0.25) is 0 Å². The molecule has 0 saturated carbocycles. The Bertz CT molecular complexity index is 119. The van der Waals surface area contributed by atoms with Crippen LogP contribution in [0.3, 0.4) is 0 Å². The standard InChI is InChI=1S/C10H22N2/c1-9(2)8-12-7-5-6-10(3)11-4/h9,11-12H,3,5-8H2,1-2,4H3. The fraction of sp³-hybridized carbons (Fsp3) is 0.800. The molecule has 0 radical (unpaired) electrons. The molecule has 0 aromatic heterocycles. The van der Waals surface area contributed by atoms with Crippen LogP contribution in [-0.4, -0.2) is 20.1 Å². The van der Waals surface area contributed by atoms with Gasteiger partial charge in [-0.3, -0.25) is 0 Å². The van der Waals surface area contributed by atoms with E-state index in [2.05, 4.69) is 31.1 Å². The fourth-order valence-corrected chi connectivity index (χ4v) is 0.943. The maximum Gasteiger partial charge on any atom is 0.00315 e. The maximum absolute atomic E-state index is 3.87. The van der Waals surface area contributed by atoms with Gasteiger partial charge in [0.25, 0.3) is 0 Å². The molecule has 0 atom stereocenters. The summed E-state index contributed by atoms with van der Waals surface area (Å²) in [7, 11) is 1.92. The predicted molar refractivity (Wildman–Crippen MR) is 55.1 cm³/mol. The molecule has 2 N–H and O–H groups in total. The van der Waals surface area contributed by atoms with Crippen LogP contribution in [-0.2, 0) is 0 Å². The van der Waals surface area contributed by atoms with E-state index in [1.165, 1.54) is 6.42 Å². The van der Waals surface area contributed by atoms with E-state index in [-0.39, 0.29) is 0 Å². The van der Waals surface area contributed by atoms with E-state index in [1.807, 2.05) is 7.05 Å². The van der Waals surface area contributed by atoms with Gasteiger partial charge in [-0.05, 0) is 31.8 Å². The van der Waals surface area contributed by atoms with Crippen LogP contribution in [0.15, 0.2) is 12.3 Å². The largest absolute Gasteiger partial charge is 0.392 e. The van der Waals surface area contributed by atoms with Gasteiger partial charge in [-0.2, -0.15) is 0 Å². The van der Waals surface area contributed by atoms with Crippen molar-refractivity contribution in [2.75, 3.05) is 20.1 Å². The highest BCUT2D eigenvalue weighted by molar-refractivity contribution is 4.88. The third-order valence-corrected chi connectivity index (χ3v) is 1.74. The molecule has 0 aliphatic heterocycles. The second-order valence-electron chi connectivity index (χ2n) is 3.56. The van der Waals surface area contributed by atoms with Crippen LogP contribution >= 0.6 is 0 Å². The van der Waals surface area contributed by atoms with Crippen molar-refractivity contribution in [1.29, 1.82) is 0 Å². The first-order valence-corrected chi connectivity index (χ1v) is 4.73. The Hall–Kier alpha value is -0.500. The van der Waals surface area contributed by atoms with Crippen molar-refractivity contribution < 1.29 is 0 Å². The summed E-state index contributed by atoms with van der Waals surface area (Å²) in [5.41, 5.74) is 1.13. The minimum absolute atomic E-state index is 0.748. The number of hydrogen-bond acceptors (Lipinski definition) is 2. The monoisotopic (exact) mass is 170 g/mol. The van der Waals surface area contributed by atoms with E-state index in [9.17, 15) is 0 Å². The number of nitrogens with one attached hydrogen (secondary N) is 2. The lowest BCUT2D eigenvalue weighted by atomic mass is 10.2. The molecule has 2 heteroatoms. The van der Waals surface area contributed by atoms with E-state index >= 15 is 0 Å². The summed E-state index contributed by atoms with van der Waals surface area (Å²) in [4.78, 5) is 0. The number of hydrogen-bond donors (Lipinski definition) is 2. The lowest BCUT2D eigenvalue weighted by Gasteiger charge is -2.07. The molecule has 2 nitrogen and oxygen atoms in total. The average Bonchev–Trinajstić information content (AvgIpc) is 2.03. The van der Waals surface area contributed by atoms with Crippen molar-refractivity contribution >= 4 is 0 Å². The van der Waals surface area contributed by atoms with Crippen LogP contribution in [0.1, 0.15) is 26.7 Å². The van der Waals surface area contributed by atoms with Crippen LogP contribution in [0.2, 0.25) is 0 Å². The molecule has 12 heavy (non-hydrogen) atoms. The van der Waals surface area contributed by atoms with Gasteiger partial charge in [0, 0.05) is 12.7 Å². The Morgan fingerprint density at radius 3 is 2.58 bits per heavy atom. The Labute approximate surface area is 76.4 Å². The molecule has 0 aliphatic rings. The molecule has 0 heterocycles. The summed E-state index contributed by atoms with van der Waals surface area (Å²) in [5, 5.41) is 6.44. The molecular formula is C10H22N2. The Morgan fingerprint density at radius 2 is 2.08 bits per heavy atom. The first kappa shape index (κ1) is 11.5. The van der Waals surface area contributed by atoms with Gasteiger partial charge in [0.15, 0.2) is 0 Å². The summed E-state index contributed by atoms with van der Waals surface area (Å²) in [6.07, 6.45) is 2.24. The second-order valence-corrected chi connectivity index (χ2v) is 3.56. The lowest BCUT2D eigenvalue weighted by molar-refractivity contribution is 0.540. The second kappa shape index (κ2) is 7.17. The van der Waals surface area contributed by atoms with E-state index in [4.69, 9.17) is 0 Å². The molecule has 0 fully saturated rings. The van der Waals surface area contributed by atoms with Gasteiger partial charge >= 0.3 is 0 Å². The third kappa shape index (κ3) is 7.61. The van der Waals surface area contributed by atoms with E-state index in [1.54, 1.807) is 0 Å². The SMILES string of the molecule is C=C(CCCNCC(C)C)NC. The first-order chi connectivity index (χ1) is 5.66. The van der Waals surface area contributed by atoms with Crippen LogP contribution in [0, 0.1) is 5.92 Å². The highest BCUT2D eigenvalue weighted by Gasteiger charge is 1.93. The molecule has 0 spiro atoms. The highest BCUT2D eigenvalue weighted by atomic mass is 14.9.